The summed E-state index contributed by atoms with van der Waals surface area (Å²) in [7, 11) is -0.785. The van der Waals surface area contributed by atoms with Gasteiger partial charge < -0.3 is 18.8 Å². The van der Waals surface area contributed by atoms with Gasteiger partial charge in [0.2, 0.25) is 5.89 Å². The molecule has 11 nitrogen and oxygen atoms in total. The summed E-state index contributed by atoms with van der Waals surface area (Å²) in [6.07, 6.45) is 4.49. The van der Waals surface area contributed by atoms with Crippen LogP contribution in [0.4, 0.5) is 5.69 Å². The van der Waals surface area contributed by atoms with Gasteiger partial charge in [-0.05, 0) is 87.0 Å². The maximum Gasteiger partial charge on any atom is 0.271 e. The van der Waals surface area contributed by atoms with Crippen molar-refractivity contribution >= 4 is 33.2 Å². The molecule has 3 aliphatic rings. The van der Waals surface area contributed by atoms with E-state index in [0.717, 1.165) is 42.5 Å². The zero-order valence-corrected chi connectivity index (χ0v) is 29.4. The minimum absolute atomic E-state index is 0.0436. The van der Waals surface area contributed by atoms with Crippen molar-refractivity contribution < 1.29 is 27.1 Å². The first-order chi connectivity index (χ1) is 23.7. The summed E-state index contributed by atoms with van der Waals surface area (Å²) in [5, 5.41) is 0.373. The van der Waals surface area contributed by atoms with E-state index in [2.05, 4.69) is 21.8 Å². The number of anilines is 1. The fraction of sp³-hybridized carbons (Fsp3) is 0.389. The number of ether oxygens (including phenoxy) is 2. The third kappa shape index (κ3) is 5.79. The van der Waals surface area contributed by atoms with Gasteiger partial charge >= 0.3 is 0 Å². The smallest absolute Gasteiger partial charge is 0.271 e. The average Bonchev–Trinajstić information content (AvgIpc) is 3.86. The molecule has 1 amide bonds. The van der Waals surface area contributed by atoms with E-state index < -0.39 is 27.5 Å². The average molecular weight is 706 g/mol. The summed E-state index contributed by atoms with van der Waals surface area (Å²) in [5.74, 6) is 0.802. The Hall–Kier alpha value is -3.94. The maximum atomic E-state index is 15.7. The highest BCUT2D eigenvalue weighted by molar-refractivity contribution is 7.93. The van der Waals surface area contributed by atoms with Gasteiger partial charge in [-0.3, -0.25) is 14.6 Å². The van der Waals surface area contributed by atoms with E-state index in [0.29, 0.717) is 59.7 Å². The quantitative estimate of drug-likeness (QED) is 0.216. The molecular formula is C36H40ClN5O6S. The number of nitrogens with zero attached hydrogens (tertiary/aromatic N) is 5. The first kappa shape index (κ1) is 33.6. The Labute approximate surface area is 292 Å². The Bertz CT molecular complexity index is 1930. The lowest BCUT2D eigenvalue weighted by Gasteiger charge is -2.41. The van der Waals surface area contributed by atoms with Gasteiger partial charge in [-0.25, -0.2) is 17.7 Å². The molecule has 0 saturated carbocycles. The SMILES string of the molecule is CCOc1ccc(CN2CCN(C)CC2)cc1C1(N2CCC[C@H]2c2ncco2)C(=O)N(S(=O)(=O)c2ccc(OC)cc2)c2ccc(Cl)cc21. The van der Waals surface area contributed by atoms with Crippen LogP contribution < -0.4 is 13.8 Å². The molecule has 2 saturated heterocycles. The maximum absolute atomic E-state index is 15.7. The summed E-state index contributed by atoms with van der Waals surface area (Å²) >= 11 is 6.73. The highest BCUT2D eigenvalue weighted by Gasteiger charge is 2.63. The van der Waals surface area contributed by atoms with Crippen molar-refractivity contribution in [3.63, 3.8) is 0 Å². The number of fused-ring (bicyclic) bond motifs is 1. The molecular weight excluding hydrogens is 666 g/mol. The Balaban J connectivity index is 1.47. The number of hydrogen-bond acceptors (Lipinski definition) is 10. The van der Waals surface area contributed by atoms with Crippen LogP contribution in [0, 0.1) is 0 Å². The van der Waals surface area contributed by atoms with Crippen molar-refractivity contribution in [3.05, 3.63) is 101 Å². The predicted molar refractivity (Wildman–Crippen MR) is 185 cm³/mol. The van der Waals surface area contributed by atoms with Crippen LogP contribution in [0.25, 0.3) is 0 Å². The number of sulfonamides is 1. The van der Waals surface area contributed by atoms with E-state index >= 15 is 4.79 Å². The zero-order chi connectivity index (χ0) is 34.3. The van der Waals surface area contributed by atoms with Crippen LogP contribution in [0.1, 0.15) is 48.4 Å². The molecule has 2 fully saturated rings. The number of hydrogen-bond donors (Lipinski definition) is 0. The normalized spacial score (nSPS) is 22.1. The third-order valence-corrected chi connectivity index (χ3v) is 11.8. The molecule has 4 aromatic rings. The van der Waals surface area contributed by atoms with Crippen molar-refractivity contribution in [3.8, 4) is 11.5 Å². The molecule has 258 valence electrons. The number of likely N-dealkylation sites (tertiary alicyclic amines) is 1. The third-order valence-electron chi connectivity index (χ3n) is 9.81. The largest absolute Gasteiger partial charge is 0.497 e. The molecule has 1 aromatic heterocycles. The van der Waals surface area contributed by atoms with Crippen molar-refractivity contribution in [2.24, 2.45) is 0 Å². The number of amides is 1. The molecule has 49 heavy (non-hydrogen) atoms. The Morgan fingerprint density at radius 3 is 2.47 bits per heavy atom. The predicted octanol–water partition coefficient (Wildman–Crippen LogP) is 5.30. The molecule has 0 bridgehead atoms. The van der Waals surface area contributed by atoms with Crippen molar-refractivity contribution in [1.82, 2.24) is 19.7 Å². The van der Waals surface area contributed by atoms with Gasteiger partial charge in [0.15, 0.2) is 5.54 Å². The van der Waals surface area contributed by atoms with Crippen molar-refractivity contribution in [1.29, 1.82) is 0 Å². The van der Waals surface area contributed by atoms with Gasteiger partial charge in [0, 0.05) is 55.4 Å². The molecule has 0 radical (unpaired) electrons. The highest BCUT2D eigenvalue weighted by Crippen LogP contribution is 2.57. The molecule has 13 heteroatoms. The molecule has 7 rings (SSSR count). The second kappa shape index (κ2) is 13.4. The van der Waals surface area contributed by atoms with Gasteiger partial charge in [0.25, 0.3) is 15.9 Å². The van der Waals surface area contributed by atoms with Crippen LogP contribution in [-0.2, 0) is 26.9 Å². The fourth-order valence-corrected chi connectivity index (χ4v) is 9.09. The Kier molecular flexibility index (Phi) is 9.18. The summed E-state index contributed by atoms with van der Waals surface area (Å²) in [5.41, 5.74) is 0.578. The minimum atomic E-state index is -4.42. The molecule has 1 unspecified atom stereocenters. The molecule has 4 heterocycles. The van der Waals surface area contributed by atoms with E-state index in [9.17, 15) is 8.42 Å². The van der Waals surface area contributed by atoms with Crippen LogP contribution in [0.2, 0.25) is 5.02 Å². The minimum Gasteiger partial charge on any atom is -0.497 e. The Morgan fingerprint density at radius 1 is 1.00 bits per heavy atom. The van der Waals surface area contributed by atoms with Gasteiger partial charge in [-0.15, -0.1) is 0 Å². The van der Waals surface area contributed by atoms with Gasteiger partial charge in [-0.1, -0.05) is 17.7 Å². The van der Waals surface area contributed by atoms with Gasteiger partial charge in [0.05, 0.1) is 36.5 Å². The number of carbonyl (C=O) groups is 1. The fourth-order valence-electron chi connectivity index (χ4n) is 7.46. The Morgan fingerprint density at radius 2 is 1.78 bits per heavy atom. The van der Waals surface area contributed by atoms with Crippen LogP contribution >= 0.6 is 11.6 Å². The number of halogens is 1. The lowest BCUT2D eigenvalue weighted by atomic mass is 9.80. The summed E-state index contributed by atoms with van der Waals surface area (Å²) in [4.78, 5) is 26.8. The van der Waals surface area contributed by atoms with Crippen LogP contribution in [0.3, 0.4) is 0 Å². The monoisotopic (exact) mass is 705 g/mol. The summed E-state index contributed by atoms with van der Waals surface area (Å²) < 4.78 is 47.7. The molecule has 3 aromatic carbocycles. The van der Waals surface area contributed by atoms with E-state index in [4.69, 9.17) is 25.5 Å². The summed E-state index contributed by atoms with van der Waals surface area (Å²) in [6, 6.07) is 16.5. The van der Waals surface area contributed by atoms with Gasteiger partial charge in [0.1, 0.15) is 17.8 Å². The number of likely N-dealkylation sites (N-methyl/N-ethyl adjacent to an activating group) is 1. The lowest BCUT2D eigenvalue weighted by molar-refractivity contribution is -0.127. The molecule has 0 N–H and O–H groups in total. The highest BCUT2D eigenvalue weighted by atomic mass is 35.5. The van der Waals surface area contributed by atoms with E-state index in [1.165, 1.54) is 25.5 Å². The number of piperazine rings is 1. The van der Waals surface area contributed by atoms with E-state index in [1.807, 2.05) is 30.0 Å². The number of methoxy groups -OCH3 is 1. The van der Waals surface area contributed by atoms with Crippen LogP contribution in [0.5, 0.6) is 11.5 Å². The van der Waals surface area contributed by atoms with Crippen LogP contribution in [0.15, 0.2) is 82.4 Å². The zero-order valence-electron chi connectivity index (χ0n) is 27.8. The standard InChI is InChI=1S/C36H40ClN5O6S/c1-4-47-33-14-7-25(24-40-19-17-39(2)18-20-40)22-30(33)36(41-16-5-6-32(41)34-38-15-21-48-34)29-23-26(37)8-13-31(29)42(35(36)43)49(44,45)28-11-9-27(46-3)10-12-28/h7-15,21-23,32H,4-6,16-20,24H2,1-3H3/t32-,36?/m0/s1. The van der Waals surface area contributed by atoms with Crippen LogP contribution in [-0.4, -0.2) is 87.5 Å². The number of aromatic nitrogens is 1. The van der Waals surface area contributed by atoms with E-state index in [-0.39, 0.29) is 10.6 Å². The molecule has 2 atom stereocenters. The molecule has 0 aliphatic carbocycles. The second-order valence-corrected chi connectivity index (χ2v) is 14.9. The summed E-state index contributed by atoms with van der Waals surface area (Å²) in [6.45, 7) is 7.11. The van der Waals surface area contributed by atoms with Crippen molar-refractivity contribution in [2.45, 2.75) is 42.8 Å². The number of benzene rings is 3. The topological polar surface area (TPSA) is 109 Å². The number of oxazole rings is 1. The number of carbonyl (C=O) groups excluding carboxylic acids is 1. The second-order valence-electron chi connectivity index (χ2n) is 12.7. The first-order valence-electron chi connectivity index (χ1n) is 16.6. The molecule has 0 spiro atoms. The first-order valence-corrected chi connectivity index (χ1v) is 18.4. The van der Waals surface area contributed by atoms with E-state index in [1.54, 1.807) is 36.5 Å². The molecule has 3 aliphatic heterocycles. The van der Waals surface area contributed by atoms with Gasteiger partial charge in [-0.2, -0.15) is 0 Å². The lowest BCUT2D eigenvalue weighted by Crippen LogP contribution is -2.54. The number of rotatable bonds is 10. The van der Waals surface area contributed by atoms with Crippen molar-refractivity contribution in [2.75, 3.05) is 57.8 Å².